The van der Waals surface area contributed by atoms with E-state index < -0.39 is 6.43 Å². The molecule has 0 unspecified atom stereocenters. The summed E-state index contributed by atoms with van der Waals surface area (Å²) in [5.74, 6) is 0.782. The fourth-order valence-electron chi connectivity index (χ4n) is 5.77. The molecular formula is C29H31F2N5O2. The van der Waals surface area contributed by atoms with Crippen LogP contribution in [0.1, 0.15) is 66.6 Å². The van der Waals surface area contributed by atoms with E-state index in [0.717, 1.165) is 47.8 Å². The zero-order valence-electron chi connectivity index (χ0n) is 21.7. The molecule has 2 aliphatic rings. The molecule has 2 aromatic heterocycles. The topological polar surface area (TPSA) is 65.2 Å². The molecule has 198 valence electrons. The van der Waals surface area contributed by atoms with E-state index in [0.29, 0.717) is 48.7 Å². The number of aromatic nitrogens is 4. The lowest BCUT2D eigenvalue weighted by Gasteiger charge is -2.31. The molecule has 0 spiro atoms. The molecule has 0 amide bonds. The number of hydrogen-bond acceptors (Lipinski definition) is 5. The number of benzene rings is 2. The Kier molecular flexibility index (Phi) is 6.47. The fourth-order valence-corrected chi connectivity index (χ4v) is 5.77. The third kappa shape index (κ3) is 4.28. The highest BCUT2D eigenvalue weighted by molar-refractivity contribution is 6.02. The lowest BCUT2D eigenvalue weighted by Crippen LogP contribution is -2.26. The quantitative estimate of drug-likeness (QED) is 0.276. The van der Waals surface area contributed by atoms with Crippen LogP contribution in [0.5, 0.6) is 0 Å². The van der Waals surface area contributed by atoms with E-state index in [1.165, 1.54) is 0 Å². The summed E-state index contributed by atoms with van der Waals surface area (Å²) >= 11 is 0. The summed E-state index contributed by atoms with van der Waals surface area (Å²) in [6.07, 6.45) is 4.54. The Bertz CT molecular complexity index is 1500. The minimum absolute atomic E-state index is 0.0151. The van der Waals surface area contributed by atoms with Gasteiger partial charge in [0.15, 0.2) is 11.6 Å². The Morgan fingerprint density at radius 1 is 1.18 bits per heavy atom. The third-order valence-corrected chi connectivity index (χ3v) is 7.74. The number of aryl methyl sites for hydroxylation is 2. The Morgan fingerprint density at radius 3 is 2.71 bits per heavy atom. The second-order valence-electron chi connectivity index (χ2n) is 10.1. The average molecular weight is 520 g/mol. The van der Waals surface area contributed by atoms with Crippen LogP contribution in [0.15, 0.2) is 42.7 Å². The van der Waals surface area contributed by atoms with Crippen LogP contribution in [0.3, 0.4) is 0 Å². The molecule has 38 heavy (non-hydrogen) atoms. The number of ether oxygens (including phenoxy) is 1. The van der Waals surface area contributed by atoms with Gasteiger partial charge in [-0.15, -0.1) is 0 Å². The molecule has 0 saturated carbocycles. The summed E-state index contributed by atoms with van der Waals surface area (Å²) in [6.45, 7) is 3.86. The number of Topliss-reactive ketones (excluding diaryl/α,β-unsaturated/α-hetero) is 1. The summed E-state index contributed by atoms with van der Waals surface area (Å²) in [4.78, 5) is 14.7. The van der Waals surface area contributed by atoms with E-state index in [2.05, 4.69) is 14.7 Å². The van der Waals surface area contributed by atoms with Crippen LogP contribution in [-0.2, 0) is 18.2 Å². The number of nitrogens with zero attached hydrogens (tertiary/aromatic N) is 5. The van der Waals surface area contributed by atoms with Crippen LogP contribution in [0.25, 0.3) is 22.0 Å². The molecule has 4 aromatic rings. The summed E-state index contributed by atoms with van der Waals surface area (Å²) in [7, 11) is 1.78. The molecule has 9 heteroatoms. The van der Waals surface area contributed by atoms with E-state index in [1.54, 1.807) is 30.2 Å². The van der Waals surface area contributed by atoms with Crippen LogP contribution in [0, 0.1) is 0 Å². The number of rotatable bonds is 6. The van der Waals surface area contributed by atoms with Gasteiger partial charge in [0.05, 0.1) is 17.8 Å². The molecule has 0 atom stereocenters. The maximum absolute atomic E-state index is 14.4. The molecule has 4 heterocycles. The molecule has 7 nitrogen and oxygen atoms in total. The van der Waals surface area contributed by atoms with Gasteiger partial charge in [-0.05, 0) is 67.1 Å². The largest absolute Gasteiger partial charge is 0.381 e. The minimum Gasteiger partial charge on any atom is -0.381 e. The van der Waals surface area contributed by atoms with Crippen LogP contribution >= 0.6 is 0 Å². The van der Waals surface area contributed by atoms with Crippen molar-refractivity contribution in [3.63, 3.8) is 0 Å². The first kappa shape index (κ1) is 24.7. The summed E-state index contributed by atoms with van der Waals surface area (Å²) < 4.78 is 38.0. The first-order valence-corrected chi connectivity index (χ1v) is 13.3. The Balaban J connectivity index is 1.52. The Labute approximate surface area is 220 Å². The van der Waals surface area contributed by atoms with E-state index in [-0.39, 0.29) is 17.4 Å². The van der Waals surface area contributed by atoms with Crippen molar-refractivity contribution >= 4 is 28.2 Å². The zero-order chi connectivity index (χ0) is 26.4. The number of carbonyl (C=O) groups excluding carboxylic acids is 1. The van der Waals surface area contributed by atoms with Crippen LogP contribution in [0.4, 0.5) is 20.3 Å². The van der Waals surface area contributed by atoms with Crippen molar-refractivity contribution in [2.24, 2.45) is 7.05 Å². The van der Waals surface area contributed by atoms with E-state index in [1.807, 2.05) is 31.2 Å². The number of halogens is 2. The molecule has 0 aliphatic carbocycles. The van der Waals surface area contributed by atoms with Gasteiger partial charge in [0.2, 0.25) is 0 Å². The van der Waals surface area contributed by atoms with Crippen molar-refractivity contribution in [1.82, 2.24) is 19.6 Å². The van der Waals surface area contributed by atoms with Gasteiger partial charge in [-0.2, -0.15) is 10.2 Å². The van der Waals surface area contributed by atoms with Crippen LogP contribution < -0.4 is 4.90 Å². The zero-order valence-corrected chi connectivity index (χ0v) is 21.7. The molecule has 1 saturated heterocycles. The first-order chi connectivity index (χ1) is 18.4. The summed E-state index contributed by atoms with van der Waals surface area (Å²) in [5.41, 5.74) is 4.54. The van der Waals surface area contributed by atoms with E-state index in [4.69, 9.17) is 9.84 Å². The molecule has 0 bridgehead atoms. The van der Waals surface area contributed by atoms with Gasteiger partial charge in [0.1, 0.15) is 0 Å². The second-order valence-corrected chi connectivity index (χ2v) is 10.1. The van der Waals surface area contributed by atoms with E-state index in [9.17, 15) is 13.6 Å². The molecule has 0 radical (unpaired) electrons. The minimum atomic E-state index is -2.63. The maximum atomic E-state index is 14.4. The molecule has 2 aliphatic heterocycles. The summed E-state index contributed by atoms with van der Waals surface area (Å²) in [6, 6.07) is 9.47. The van der Waals surface area contributed by atoms with Gasteiger partial charge >= 0.3 is 0 Å². The lowest BCUT2D eigenvalue weighted by molar-refractivity contribution is 0.0675. The fraction of sp³-hybridized carbons (Fsp3) is 0.414. The molecular weight excluding hydrogens is 488 g/mol. The van der Waals surface area contributed by atoms with Gasteiger partial charge in [0.25, 0.3) is 6.43 Å². The third-order valence-electron chi connectivity index (χ3n) is 7.74. The SMILES string of the molecule is CCC(=O)c1ccc2c(c1)c(N1CCCc3cc(-c4cnn(C)c4)c(C(F)F)cc31)nn2C1CCOCC1. The van der Waals surface area contributed by atoms with Gasteiger partial charge in [-0.3, -0.25) is 14.2 Å². The lowest BCUT2D eigenvalue weighted by atomic mass is 9.93. The van der Waals surface area contributed by atoms with Crippen molar-refractivity contribution in [3.8, 4) is 11.1 Å². The molecule has 6 rings (SSSR count). The Hall–Kier alpha value is -3.59. The number of alkyl halides is 2. The molecule has 0 N–H and O–H groups in total. The second kappa shape index (κ2) is 9.94. The number of hydrogen-bond donors (Lipinski definition) is 0. The number of carbonyl (C=O) groups is 1. The van der Waals surface area contributed by atoms with Crippen molar-refractivity contribution in [2.75, 3.05) is 24.7 Å². The van der Waals surface area contributed by atoms with Crippen LogP contribution in [0.2, 0.25) is 0 Å². The van der Waals surface area contributed by atoms with Crippen molar-refractivity contribution < 1.29 is 18.3 Å². The highest BCUT2D eigenvalue weighted by Gasteiger charge is 2.29. The monoisotopic (exact) mass is 519 g/mol. The van der Waals surface area contributed by atoms with Crippen molar-refractivity contribution in [3.05, 3.63) is 59.4 Å². The highest BCUT2D eigenvalue weighted by atomic mass is 19.3. The van der Waals surface area contributed by atoms with Crippen molar-refractivity contribution in [1.29, 1.82) is 0 Å². The predicted molar refractivity (Wildman–Crippen MR) is 142 cm³/mol. The van der Waals surface area contributed by atoms with Crippen molar-refractivity contribution in [2.45, 2.75) is 51.5 Å². The standard InChI is InChI=1S/C29H31F2N5O2/c1-3-27(37)19-6-7-25-24(14-19)29(33-36(25)21-8-11-38-12-9-21)35-10-4-5-18-13-22(20-16-32-34(2)17-20)23(28(30)31)15-26(18)35/h6-7,13-17,21,28H,3-5,8-12H2,1-2H3. The van der Waals surface area contributed by atoms with E-state index >= 15 is 0 Å². The predicted octanol–water partition coefficient (Wildman–Crippen LogP) is 6.40. The number of fused-ring (bicyclic) bond motifs is 2. The Morgan fingerprint density at radius 2 is 2.00 bits per heavy atom. The van der Waals surface area contributed by atoms with Gasteiger partial charge < -0.3 is 9.64 Å². The maximum Gasteiger partial charge on any atom is 0.264 e. The summed E-state index contributed by atoms with van der Waals surface area (Å²) in [5, 5.41) is 10.2. The normalized spacial score (nSPS) is 16.4. The highest BCUT2D eigenvalue weighted by Crippen LogP contribution is 2.43. The van der Waals surface area contributed by atoms with Gasteiger partial charge in [-0.1, -0.05) is 6.92 Å². The van der Waals surface area contributed by atoms with Gasteiger partial charge in [-0.25, -0.2) is 8.78 Å². The first-order valence-electron chi connectivity index (χ1n) is 13.3. The average Bonchev–Trinajstić information content (AvgIpc) is 3.55. The number of ketones is 1. The van der Waals surface area contributed by atoms with Crippen LogP contribution in [-0.4, -0.2) is 45.1 Å². The van der Waals surface area contributed by atoms with Gasteiger partial charge in [0, 0.05) is 67.2 Å². The molecule has 2 aromatic carbocycles. The number of anilines is 2. The molecule has 1 fully saturated rings. The smallest absolute Gasteiger partial charge is 0.264 e.